The van der Waals surface area contributed by atoms with E-state index in [2.05, 4.69) is 20.0 Å². The zero-order valence-electron chi connectivity index (χ0n) is 7.25. The van der Waals surface area contributed by atoms with Crippen LogP contribution < -0.4 is 0 Å². The lowest BCUT2D eigenvalue weighted by molar-refractivity contribution is 1.31. The highest BCUT2D eigenvalue weighted by Gasteiger charge is 1.98. The summed E-state index contributed by atoms with van der Waals surface area (Å²) in [6.45, 7) is 0. The molecule has 0 amide bonds. The van der Waals surface area contributed by atoms with Crippen LogP contribution in [0.5, 0.6) is 0 Å². The Morgan fingerprint density at radius 3 is 3.07 bits per heavy atom. The molecule has 0 aliphatic carbocycles. The van der Waals surface area contributed by atoms with Crippen molar-refractivity contribution in [3.8, 4) is 11.4 Å². The molecule has 1 aromatic carbocycles. The summed E-state index contributed by atoms with van der Waals surface area (Å²) in [7, 11) is 0. The van der Waals surface area contributed by atoms with Crippen molar-refractivity contribution in [2.45, 2.75) is 0 Å². The predicted molar refractivity (Wildman–Crippen MR) is 52.8 cm³/mol. The maximum absolute atomic E-state index is 8.28. The fourth-order valence-electron chi connectivity index (χ4n) is 1.19. The van der Waals surface area contributed by atoms with Crippen LogP contribution in [0.3, 0.4) is 0 Å². The Labute approximate surface area is 80.1 Å². The smallest absolute Gasteiger partial charge is 0.137 e. The third-order valence-corrected chi connectivity index (χ3v) is 1.78. The minimum absolute atomic E-state index is 0.585. The van der Waals surface area contributed by atoms with Gasteiger partial charge in [-0.1, -0.05) is 23.3 Å². The second-order valence-electron chi connectivity index (χ2n) is 2.68. The van der Waals surface area contributed by atoms with E-state index >= 15 is 0 Å². The maximum Gasteiger partial charge on any atom is 0.137 e. The quantitative estimate of drug-likeness (QED) is 0.435. The van der Waals surface area contributed by atoms with Crippen LogP contribution in [0.15, 0.2) is 41.8 Å². The Morgan fingerprint density at radius 2 is 2.36 bits per heavy atom. The van der Waals surface area contributed by atoms with Gasteiger partial charge in [-0.15, -0.1) is 0 Å². The first-order valence-corrected chi connectivity index (χ1v) is 4.05. The lowest BCUT2D eigenvalue weighted by Gasteiger charge is -1.97. The third-order valence-electron chi connectivity index (χ3n) is 1.78. The number of rotatable bonds is 2. The summed E-state index contributed by atoms with van der Waals surface area (Å²) in [6.07, 6.45) is 3.42. The van der Waals surface area contributed by atoms with Crippen LogP contribution in [0.25, 0.3) is 21.8 Å². The minimum atomic E-state index is 0.585. The molecule has 1 N–H and O–H groups in total. The van der Waals surface area contributed by atoms with E-state index in [-0.39, 0.29) is 0 Å². The molecule has 1 aromatic heterocycles. The van der Waals surface area contributed by atoms with Crippen molar-refractivity contribution in [1.82, 2.24) is 9.97 Å². The van der Waals surface area contributed by atoms with E-state index in [1.165, 1.54) is 0 Å². The van der Waals surface area contributed by atoms with Gasteiger partial charge in [0.05, 0.1) is 0 Å². The molecular weight excluding hydrogens is 178 g/mol. The van der Waals surface area contributed by atoms with E-state index in [1.54, 1.807) is 24.5 Å². The molecule has 2 aromatic rings. The van der Waals surface area contributed by atoms with E-state index in [4.69, 9.17) is 5.53 Å². The van der Waals surface area contributed by atoms with Crippen LogP contribution in [-0.2, 0) is 0 Å². The van der Waals surface area contributed by atoms with Gasteiger partial charge in [-0.2, -0.15) is 0 Å². The summed E-state index contributed by atoms with van der Waals surface area (Å²) in [4.78, 5) is 9.80. The predicted octanol–water partition coefficient (Wildman–Crippen LogP) is 3.02. The number of hydrogen-bond acceptors (Lipinski definition) is 2. The molecule has 0 aliphatic rings. The highest BCUT2D eigenvalue weighted by atomic mass is 15.1. The van der Waals surface area contributed by atoms with Gasteiger partial charge in [0.25, 0.3) is 0 Å². The summed E-state index contributed by atoms with van der Waals surface area (Å²) in [5.74, 6) is 0.764. The van der Waals surface area contributed by atoms with Crippen molar-refractivity contribution in [3.05, 3.63) is 47.1 Å². The van der Waals surface area contributed by atoms with Crippen LogP contribution in [-0.4, -0.2) is 9.97 Å². The van der Waals surface area contributed by atoms with Gasteiger partial charge in [0.1, 0.15) is 5.82 Å². The van der Waals surface area contributed by atoms with Crippen molar-refractivity contribution < 1.29 is 0 Å². The van der Waals surface area contributed by atoms with Crippen LogP contribution in [0.4, 0.5) is 5.69 Å². The minimum Gasteiger partial charge on any atom is -0.345 e. The average Bonchev–Trinajstić information content (AvgIpc) is 2.71. The highest BCUT2D eigenvalue weighted by molar-refractivity contribution is 5.60. The van der Waals surface area contributed by atoms with E-state index < -0.39 is 0 Å². The molecule has 1 heterocycles. The van der Waals surface area contributed by atoms with Crippen LogP contribution in [0.1, 0.15) is 0 Å². The van der Waals surface area contributed by atoms with Crippen molar-refractivity contribution in [2.75, 3.05) is 0 Å². The number of nitrogens with zero attached hydrogens (tertiary/aromatic N) is 4. The number of H-pyrrole nitrogens is 1. The van der Waals surface area contributed by atoms with Crippen molar-refractivity contribution >= 4 is 5.69 Å². The fraction of sp³-hybridized carbons (Fsp3) is 0. The van der Waals surface area contributed by atoms with Gasteiger partial charge in [-0.25, -0.2) is 4.98 Å². The van der Waals surface area contributed by atoms with Crippen LogP contribution in [0, 0.1) is 0 Å². The molecule has 68 valence electrons. The van der Waals surface area contributed by atoms with Crippen molar-refractivity contribution in [2.24, 2.45) is 5.11 Å². The molecule has 0 fully saturated rings. The molecule has 5 heteroatoms. The Kier molecular flexibility index (Phi) is 2.17. The van der Waals surface area contributed by atoms with E-state index in [1.807, 2.05) is 12.1 Å². The SMILES string of the molecule is [N-]=[N+]=Nc1cccc(-c2ncc[nH]2)c1. The van der Waals surface area contributed by atoms with Gasteiger partial charge in [-0.05, 0) is 11.6 Å². The number of imidazole rings is 1. The van der Waals surface area contributed by atoms with E-state index in [0.29, 0.717) is 5.69 Å². The topological polar surface area (TPSA) is 77.4 Å². The Morgan fingerprint density at radius 1 is 1.43 bits per heavy atom. The normalized spacial score (nSPS) is 9.43. The zero-order chi connectivity index (χ0) is 9.80. The summed E-state index contributed by atoms with van der Waals surface area (Å²) < 4.78 is 0. The fourth-order valence-corrected chi connectivity index (χ4v) is 1.19. The summed E-state index contributed by atoms with van der Waals surface area (Å²) >= 11 is 0. The molecule has 0 saturated carbocycles. The monoisotopic (exact) mass is 185 g/mol. The molecular formula is C9H7N5. The maximum atomic E-state index is 8.28. The van der Waals surface area contributed by atoms with E-state index in [0.717, 1.165) is 11.4 Å². The Bertz CT molecular complexity index is 468. The van der Waals surface area contributed by atoms with Gasteiger partial charge in [-0.3, -0.25) is 0 Å². The molecule has 0 radical (unpaired) electrons. The van der Waals surface area contributed by atoms with E-state index in [9.17, 15) is 0 Å². The zero-order valence-corrected chi connectivity index (χ0v) is 7.25. The van der Waals surface area contributed by atoms with Gasteiger partial charge < -0.3 is 4.98 Å². The number of benzene rings is 1. The largest absolute Gasteiger partial charge is 0.345 e. The van der Waals surface area contributed by atoms with Gasteiger partial charge in [0.2, 0.25) is 0 Å². The molecule has 2 rings (SSSR count). The number of aromatic nitrogens is 2. The first kappa shape index (κ1) is 8.34. The Hall–Kier alpha value is -2.26. The summed E-state index contributed by atoms with van der Waals surface area (Å²) in [6, 6.07) is 7.24. The van der Waals surface area contributed by atoms with Crippen LogP contribution >= 0.6 is 0 Å². The third kappa shape index (κ3) is 1.57. The number of azide groups is 1. The standard InChI is InChI=1S/C9H7N5/c10-14-13-8-3-1-2-7(6-8)9-11-4-5-12-9/h1-6H,(H,11,12). The lowest BCUT2D eigenvalue weighted by atomic mass is 10.2. The van der Waals surface area contributed by atoms with Crippen LogP contribution in [0.2, 0.25) is 0 Å². The number of hydrogen-bond donors (Lipinski definition) is 1. The molecule has 0 saturated heterocycles. The lowest BCUT2D eigenvalue weighted by Crippen LogP contribution is -1.78. The summed E-state index contributed by atoms with van der Waals surface area (Å²) in [5, 5.41) is 3.52. The first-order valence-electron chi connectivity index (χ1n) is 4.05. The second kappa shape index (κ2) is 3.64. The molecule has 0 aliphatic heterocycles. The molecule has 0 spiro atoms. The molecule has 0 unspecified atom stereocenters. The van der Waals surface area contributed by atoms with Crippen molar-refractivity contribution in [3.63, 3.8) is 0 Å². The van der Waals surface area contributed by atoms with Gasteiger partial charge in [0, 0.05) is 28.6 Å². The number of nitrogens with one attached hydrogen (secondary N) is 1. The van der Waals surface area contributed by atoms with Gasteiger partial charge >= 0.3 is 0 Å². The van der Waals surface area contributed by atoms with Crippen molar-refractivity contribution in [1.29, 1.82) is 0 Å². The molecule has 0 atom stereocenters. The van der Waals surface area contributed by atoms with Gasteiger partial charge in [0.15, 0.2) is 0 Å². The molecule has 14 heavy (non-hydrogen) atoms. The highest BCUT2D eigenvalue weighted by Crippen LogP contribution is 2.20. The average molecular weight is 185 g/mol. The molecule has 5 nitrogen and oxygen atoms in total. The Balaban J connectivity index is 2.45. The number of aromatic amines is 1. The second-order valence-corrected chi connectivity index (χ2v) is 2.68. The summed E-state index contributed by atoms with van der Waals surface area (Å²) in [5.41, 5.74) is 9.76. The first-order chi connectivity index (χ1) is 6.90. The molecule has 0 bridgehead atoms.